The second kappa shape index (κ2) is 6.83. The predicted octanol–water partition coefficient (Wildman–Crippen LogP) is 2.26. The average Bonchev–Trinajstić information content (AvgIpc) is 2.47. The third-order valence-corrected chi connectivity index (χ3v) is 3.71. The van der Waals surface area contributed by atoms with Gasteiger partial charge in [0.2, 0.25) is 0 Å². The van der Waals surface area contributed by atoms with Crippen molar-refractivity contribution in [3.05, 3.63) is 28.5 Å². The molecule has 0 bridgehead atoms. The number of pyridine rings is 1. The molecule has 2 rings (SSSR count). The molecule has 0 saturated carbocycles. The summed E-state index contributed by atoms with van der Waals surface area (Å²) in [6.07, 6.45) is 4.77. The van der Waals surface area contributed by atoms with E-state index in [1.54, 1.807) is 30.3 Å². The van der Waals surface area contributed by atoms with Crippen molar-refractivity contribution >= 4 is 27.8 Å². The first-order valence-corrected chi connectivity index (χ1v) is 7.47. The number of hydrogen-bond acceptors (Lipinski definition) is 4. The summed E-state index contributed by atoms with van der Waals surface area (Å²) in [6, 6.07) is 1.74. The Morgan fingerprint density at radius 1 is 1.50 bits per heavy atom. The maximum absolute atomic E-state index is 12.4. The van der Waals surface area contributed by atoms with E-state index in [2.05, 4.69) is 20.9 Å². The van der Waals surface area contributed by atoms with Crippen LogP contribution in [0.5, 0.6) is 0 Å². The molecule has 2 heterocycles. The van der Waals surface area contributed by atoms with Crippen LogP contribution in [-0.4, -0.2) is 41.5 Å². The summed E-state index contributed by atoms with van der Waals surface area (Å²) < 4.78 is 5.80. The standard InChI is InChI=1S/C14H17BrN2O3/c1-2-20-14(19)10-4-3-5-17(9-10)13(18)11-6-12(15)8-16-7-11/h6-8,10H,2-5,9H2,1H3/t10-/m1/s1. The first-order chi connectivity index (χ1) is 9.61. The maximum Gasteiger partial charge on any atom is 0.310 e. The molecule has 0 radical (unpaired) electrons. The quantitative estimate of drug-likeness (QED) is 0.792. The molecule has 0 spiro atoms. The summed E-state index contributed by atoms with van der Waals surface area (Å²) in [5.74, 6) is -0.516. The van der Waals surface area contributed by atoms with Gasteiger partial charge in [-0.25, -0.2) is 0 Å². The molecule has 1 aromatic heterocycles. The molecule has 1 aromatic rings. The lowest BCUT2D eigenvalue weighted by Crippen LogP contribution is -2.42. The molecular formula is C14H17BrN2O3. The molecule has 20 heavy (non-hydrogen) atoms. The minimum Gasteiger partial charge on any atom is -0.466 e. The fraction of sp³-hybridized carbons (Fsp3) is 0.500. The van der Waals surface area contributed by atoms with E-state index in [1.165, 1.54) is 0 Å². The van der Waals surface area contributed by atoms with Crippen LogP contribution in [0.15, 0.2) is 22.9 Å². The Balaban J connectivity index is 2.05. The molecule has 1 atom stereocenters. The van der Waals surface area contributed by atoms with Crippen LogP contribution in [0.1, 0.15) is 30.1 Å². The first-order valence-electron chi connectivity index (χ1n) is 6.68. The number of esters is 1. The van der Waals surface area contributed by atoms with Gasteiger partial charge in [0.25, 0.3) is 5.91 Å². The number of nitrogens with zero attached hydrogens (tertiary/aromatic N) is 2. The highest BCUT2D eigenvalue weighted by molar-refractivity contribution is 9.10. The van der Waals surface area contributed by atoms with Gasteiger partial charge in [-0.05, 0) is 41.8 Å². The van der Waals surface area contributed by atoms with Gasteiger partial charge >= 0.3 is 5.97 Å². The number of halogens is 1. The van der Waals surface area contributed by atoms with Gasteiger partial charge in [-0.2, -0.15) is 0 Å². The third-order valence-electron chi connectivity index (χ3n) is 3.28. The zero-order chi connectivity index (χ0) is 14.5. The van der Waals surface area contributed by atoms with Crippen LogP contribution in [0, 0.1) is 5.92 Å². The summed E-state index contributed by atoms with van der Waals surface area (Å²) in [4.78, 5) is 29.9. The SMILES string of the molecule is CCOC(=O)[C@@H]1CCCN(C(=O)c2cncc(Br)c2)C1. The van der Waals surface area contributed by atoms with Crippen LogP contribution in [0.4, 0.5) is 0 Å². The van der Waals surface area contributed by atoms with Gasteiger partial charge in [0.05, 0.1) is 18.1 Å². The number of ether oxygens (including phenoxy) is 1. The van der Waals surface area contributed by atoms with Gasteiger partial charge in [0.1, 0.15) is 0 Å². The lowest BCUT2D eigenvalue weighted by molar-refractivity contribution is -0.149. The number of aromatic nitrogens is 1. The highest BCUT2D eigenvalue weighted by Gasteiger charge is 2.29. The average molecular weight is 341 g/mol. The highest BCUT2D eigenvalue weighted by atomic mass is 79.9. The molecule has 1 aliphatic heterocycles. The summed E-state index contributed by atoms with van der Waals surface area (Å²) in [5.41, 5.74) is 0.531. The van der Waals surface area contributed by atoms with E-state index in [1.807, 2.05) is 0 Å². The van der Waals surface area contributed by atoms with E-state index >= 15 is 0 Å². The van der Waals surface area contributed by atoms with Gasteiger partial charge in [-0.15, -0.1) is 0 Å². The first kappa shape index (κ1) is 15.0. The van der Waals surface area contributed by atoms with Crippen LogP contribution >= 0.6 is 15.9 Å². The van der Waals surface area contributed by atoms with Crippen LogP contribution in [-0.2, 0) is 9.53 Å². The van der Waals surface area contributed by atoms with Crippen molar-refractivity contribution < 1.29 is 14.3 Å². The summed E-state index contributed by atoms with van der Waals surface area (Å²) in [5, 5.41) is 0. The van der Waals surface area contributed by atoms with Crippen LogP contribution in [0.3, 0.4) is 0 Å². The highest BCUT2D eigenvalue weighted by Crippen LogP contribution is 2.20. The molecule has 1 saturated heterocycles. The largest absolute Gasteiger partial charge is 0.466 e. The summed E-state index contributed by atoms with van der Waals surface area (Å²) in [7, 11) is 0. The van der Waals surface area contributed by atoms with Crippen molar-refractivity contribution in [1.29, 1.82) is 0 Å². The second-order valence-electron chi connectivity index (χ2n) is 4.73. The van der Waals surface area contributed by atoms with Crippen molar-refractivity contribution in [3.63, 3.8) is 0 Å². The third kappa shape index (κ3) is 3.56. The Labute approximate surface area is 126 Å². The number of piperidine rings is 1. The molecular weight excluding hydrogens is 324 g/mol. The molecule has 0 unspecified atom stereocenters. The minimum absolute atomic E-state index is 0.0900. The fourth-order valence-corrected chi connectivity index (χ4v) is 2.69. The predicted molar refractivity (Wildman–Crippen MR) is 77.2 cm³/mol. The van der Waals surface area contributed by atoms with Gasteiger partial charge in [0.15, 0.2) is 0 Å². The number of likely N-dealkylation sites (tertiary alicyclic amines) is 1. The van der Waals surface area contributed by atoms with E-state index in [0.29, 0.717) is 25.3 Å². The van der Waals surface area contributed by atoms with Crippen LogP contribution in [0.2, 0.25) is 0 Å². The lowest BCUT2D eigenvalue weighted by atomic mass is 9.97. The van der Waals surface area contributed by atoms with Crippen molar-refractivity contribution in [3.8, 4) is 0 Å². The van der Waals surface area contributed by atoms with Gasteiger partial charge in [-0.1, -0.05) is 0 Å². The molecule has 6 heteroatoms. The number of amides is 1. The topological polar surface area (TPSA) is 59.5 Å². The zero-order valence-electron chi connectivity index (χ0n) is 11.3. The zero-order valence-corrected chi connectivity index (χ0v) is 12.9. The molecule has 5 nitrogen and oxygen atoms in total. The van der Waals surface area contributed by atoms with E-state index in [4.69, 9.17) is 4.74 Å². The number of rotatable bonds is 3. The van der Waals surface area contributed by atoms with Gasteiger partial charge in [-0.3, -0.25) is 14.6 Å². The molecule has 0 aromatic carbocycles. The summed E-state index contributed by atoms with van der Waals surface area (Å²) in [6.45, 7) is 3.25. The Kier molecular flexibility index (Phi) is 5.11. The molecule has 0 aliphatic carbocycles. The number of carbonyl (C=O) groups is 2. The fourth-order valence-electron chi connectivity index (χ4n) is 2.33. The van der Waals surface area contributed by atoms with Crippen molar-refractivity contribution in [2.75, 3.05) is 19.7 Å². The van der Waals surface area contributed by atoms with Gasteiger partial charge in [0, 0.05) is 30.0 Å². The second-order valence-corrected chi connectivity index (χ2v) is 5.65. The molecule has 1 fully saturated rings. The number of hydrogen-bond donors (Lipinski definition) is 0. The minimum atomic E-state index is -0.215. The van der Waals surface area contributed by atoms with Crippen LogP contribution < -0.4 is 0 Å². The van der Waals surface area contributed by atoms with Gasteiger partial charge < -0.3 is 9.64 Å². The Morgan fingerprint density at radius 2 is 2.30 bits per heavy atom. The molecule has 1 amide bonds. The Morgan fingerprint density at radius 3 is 3.00 bits per heavy atom. The normalized spacial score (nSPS) is 18.7. The smallest absolute Gasteiger partial charge is 0.310 e. The lowest BCUT2D eigenvalue weighted by Gasteiger charge is -2.31. The molecule has 1 aliphatic rings. The molecule has 0 N–H and O–H groups in total. The van der Waals surface area contributed by atoms with E-state index in [-0.39, 0.29) is 17.8 Å². The van der Waals surface area contributed by atoms with E-state index in [9.17, 15) is 9.59 Å². The molecule has 108 valence electrons. The summed E-state index contributed by atoms with van der Waals surface area (Å²) >= 11 is 3.30. The van der Waals surface area contributed by atoms with Crippen molar-refractivity contribution in [2.45, 2.75) is 19.8 Å². The van der Waals surface area contributed by atoms with Crippen molar-refractivity contribution in [1.82, 2.24) is 9.88 Å². The van der Waals surface area contributed by atoms with E-state index < -0.39 is 0 Å². The Hall–Kier alpha value is -1.43. The van der Waals surface area contributed by atoms with E-state index in [0.717, 1.165) is 17.3 Å². The number of carbonyl (C=O) groups excluding carboxylic acids is 2. The monoisotopic (exact) mass is 340 g/mol. The Bertz CT molecular complexity index is 507. The van der Waals surface area contributed by atoms with Crippen LogP contribution in [0.25, 0.3) is 0 Å². The maximum atomic E-state index is 12.4. The van der Waals surface area contributed by atoms with Crippen molar-refractivity contribution in [2.24, 2.45) is 5.92 Å².